The first-order valence-electron chi connectivity index (χ1n) is 6.27. The predicted molar refractivity (Wildman–Crippen MR) is 80.2 cm³/mol. The Balaban J connectivity index is 2.46. The molecule has 10 heteroatoms. The maximum absolute atomic E-state index is 13.1. The van der Waals surface area contributed by atoms with Crippen molar-refractivity contribution in [2.45, 2.75) is 11.1 Å². The van der Waals surface area contributed by atoms with Crippen molar-refractivity contribution >= 4 is 27.3 Å². The van der Waals surface area contributed by atoms with Crippen LogP contribution in [-0.2, 0) is 16.2 Å². The molecule has 0 atom stereocenters. The number of hydrogen-bond acceptors (Lipinski definition) is 3. The van der Waals surface area contributed by atoms with E-state index in [1.807, 2.05) is 4.72 Å². The lowest BCUT2D eigenvalue weighted by atomic mass is 10.2. The van der Waals surface area contributed by atoms with E-state index < -0.39 is 43.2 Å². The molecule has 0 fully saturated rings. The summed E-state index contributed by atoms with van der Waals surface area (Å²) >= 11 is 5.53. The quantitative estimate of drug-likeness (QED) is 0.800. The maximum Gasteiger partial charge on any atom is 0.416 e. The Hall–Kier alpha value is -2.00. The number of anilines is 1. The van der Waals surface area contributed by atoms with E-state index in [9.17, 15) is 26.0 Å². The van der Waals surface area contributed by atoms with Crippen LogP contribution in [0.15, 0.2) is 41.3 Å². The van der Waals surface area contributed by atoms with Crippen LogP contribution in [0.3, 0.4) is 0 Å². The third kappa shape index (κ3) is 3.90. The van der Waals surface area contributed by atoms with Crippen molar-refractivity contribution in [1.82, 2.24) is 0 Å². The van der Waals surface area contributed by atoms with Gasteiger partial charge in [0.25, 0.3) is 10.0 Å². The number of nitrogens with one attached hydrogen (secondary N) is 1. The molecule has 2 rings (SSSR count). The second kappa shape index (κ2) is 6.48. The Bertz CT molecular complexity index is 869. The predicted octanol–water partition coefficient (Wildman–Crippen LogP) is 4.31. The van der Waals surface area contributed by atoms with Crippen molar-refractivity contribution in [1.29, 1.82) is 0 Å². The van der Waals surface area contributed by atoms with Gasteiger partial charge < -0.3 is 4.74 Å². The largest absolute Gasteiger partial charge is 0.495 e. The molecule has 0 saturated heterocycles. The van der Waals surface area contributed by atoms with Crippen LogP contribution in [-0.4, -0.2) is 15.5 Å². The molecule has 0 amide bonds. The van der Waals surface area contributed by atoms with Crippen LogP contribution >= 0.6 is 11.6 Å². The van der Waals surface area contributed by atoms with Gasteiger partial charge in [-0.15, -0.1) is 0 Å². The molecule has 0 aliphatic rings. The van der Waals surface area contributed by atoms with Crippen molar-refractivity contribution in [3.63, 3.8) is 0 Å². The molecule has 1 N–H and O–H groups in total. The third-order valence-corrected chi connectivity index (χ3v) is 4.63. The molecule has 0 unspecified atom stereocenters. The number of rotatable bonds is 4. The van der Waals surface area contributed by atoms with Gasteiger partial charge in [-0.05, 0) is 36.4 Å². The Kier molecular flexibility index (Phi) is 4.95. The first-order valence-corrected chi connectivity index (χ1v) is 8.14. The van der Waals surface area contributed by atoms with Crippen LogP contribution in [0.25, 0.3) is 0 Å². The fourth-order valence-corrected chi connectivity index (χ4v) is 3.14. The first-order chi connectivity index (χ1) is 11.0. The van der Waals surface area contributed by atoms with Gasteiger partial charge in [-0.25, -0.2) is 12.8 Å². The topological polar surface area (TPSA) is 55.4 Å². The van der Waals surface area contributed by atoms with Gasteiger partial charge in [-0.1, -0.05) is 11.6 Å². The van der Waals surface area contributed by atoms with E-state index in [-0.39, 0.29) is 5.75 Å². The summed E-state index contributed by atoms with van der Waals surface area (Å²) in [6.45, 7) is 0. The summed E-state index contributed by atoms with van der Waals surface area (Å²) in [6, 6.07) is 4.95. The number of hydrogen-bond donors (Lipinski definition) is 1. The minimum Gasteiger partial charge on any atom is -0.495 e. The Morgan fingerprint density at radius 3 is 2.33 bits per heavy atom. The Morgan fingerprint density at radius 2 is 1.79 bits per heavy atom. The lowest BCUT2D eigenvalue weighted by molar-refractivity contribution is -0.137. The monoisotopic (exact) mass is 383 g/mol. The molecular formula is C14H10ClF4NO3S. The van der Waals surface area contributed by atoms with Crippen molar-refractivity contribution in [2.75, 3.05) is 11.8 Å². The fourth-order valence-electron chi connectivity index (χ4n) is 1.81. The normalized spacial score (nSPS) is 12.1. The molecule has 0 aliphatic heterocycles. The number of methoxy groups -OCH3 is 1. The van der Waals surface area contributed by atoms with E-state index in [1.54, 1.807) is 0 Å². The lowest BCUT2D eigenvalue weighted by Gasteiger charge is -2.15. The Labute approximate surface area is 140 Å². The van der Waals surface area contributed by atoms with Gasteiger partial charge >= 0.3 is 6.18 Å². The van der Waals surface area contributed by atoms with E-state index in [0.717, 1.165) is 30.3 Å². The molecule has 4 nitrogen and oxygen atoms in total. The second-order valence-electron chi connectivity index (χ2n) is 4.59. The highest BCUT2D eigenvalue weighted by Gasteiger charge is 2.31. The summed E-state index contributed by atoms with van der Waals surface area (Å²) < 4.78 is 82.8. The standard InChI is InChI=1S/C14H10ClF4NO3S/c1-23-13-5-2-8(14(17,18)19)6-12(13)20-24(21,22)9-3-4-11(16)10(15)7-9/h2-7,20H,1H3. The lowest BCUT2D eigenvalue weighted by Crippen LogP contribution is -2.15. The highest BCUT2D eigenvalue weighted by atomic mass is 35.5. The second-order valence-corrected chi connectivity index (χ2v) is 6.68. The van der Waals surface area contributed by atoms with Crippen LogP contribution in [0.1, 0.15) is 5.56 Å². The smallest absolute Gasteiger partial charge is 0.416 e. The van der Waals surface area contributed by atoms with Gasteiger partial charge in [0.2, 0.25) is 0 Å². The van der Waals surface area contributed by atoms with Gasteiger partial charge in [0.1, 0.15) is 11.6 Å². The van der Waals surface area contributed by atoms with E-state index in [2.05, 4.69) is 0 Å². The highest BCUT2D eigenvalue weighted by Crippen LogP contribution is 2.36. The molecule has 0 saturated carbocycles. The van der Waals surface area contributed by atoms with Crippen molar-refractivity contribution in [2.24, 2.45) is 0 Å². The molecule has 2 aromatic carbocycles. The van der Waals surface area contributed by atoms with Crippen LogP contribution in [0.5, 0.6) is 5.75 Å². The van der Waals surface area contributed by atoms with Gasteiger partial charge in [-0.2, -0.15) is 13.2 Å². The minimum absolute atomic E-state index is 0.111. The molecule has 0 aromatic heterocycles. The van der Waals surface area contributed by atoms with Gasteiger partial charge in [0.05, 0.1) is 28.3 Å². The van der Waals surface area contributed by atoms with Crippen LogP contribution < -0.4 is 9.46 Å². The average Bonchev–Trinajstić information content (AvgIpc) is 2.48. The van der Waals surface area contributed by atoms with Crippen molar-refractivity contribution < 1.29 is 30.7 Å². The molecule has 0 bridgehead atoms. The Morgan fingerprint density at radius 1 is 1.12 bits per heavy atom. The van der Waals surface area contributed by atoms with E-state index >= 15 is 0 Å². The summed E-state index contributed by atoms with van der Waals surface area (Å²) in [5, 5.41) is -0.436. The van der Waals surface area contributed by atoms with Gasteiger partial charge in [0, 0.05) is 0 Å². The highest BCUT2D eigenvalue weighted by molar-refractivity contribution is 7.92. The molecule has 0 spiro atoms. The maximum atomic E-state index is 13.1. The van der Waals surface area contributed by atoms with Crippen LogP contribution in [0.2, 0.25) is 5.02 Å². The minimum atomic E-state index is -4.66. The molecule has 0 radical (unpaired) electrons. The van der Waals surface area contributed by atoms with Gasteiger partial charge in [0.15, 0.2) is 0 Å². The van der Waals surface area contributed by atoms with E-state index in [4.69, 9.17) is 16.3 Å². The van der Waals surface area contributed by atoms with Gasteiger partial charge in [-0.3, -0.25) is 4.72 Å². The summed E-state index contributed by atoms with van der Waals surface area (Å²) in [7, 11) is -3.12. The van der Waals surface area contributed by atoms with E-state index in [0.29, 0.717) is 6.07 Å². The number of halogens is 5. The SMILES string of the molecule is COc1ccc(C(F)(F)F)cc1NS(=O)(=O)c1ccc(F)c(Cl)c1. The van der Waals surface area contributed by atoms with Crippen LogP contribution in [0, 0.1) is 5.82 Å². The zero-order valence-electron chi connectivity index (χ0n) is 12.0. The molecule has 2 aromatic rings. The summed E-state index contributed by atoms with van der Waals surface area (Å²) in [4.78, 5) is -0.409. The summed E-state index contributed by atoms with van der Waals surface area (Å²) in [5.74, 6) is -0.938. The zero-order valence-corrected chi connectivity index (χ0v) is 13.6. The van der Waals surface area contributed by atoms with Crippen molar-refractivity contribution in [3.8, 4) is 5.75 Å². The van der Waals surface area contributed by atoms with Crippen LogP contribution in [0.4, 0.5) is 23.2 Å². The third-order valence-electron chi connectivity index (χ3n) is 2.97. The summed E-state index contributed by atoms with van der Waals surface area (Å²) in [6.07, 6.45) is -4.66. The number of benzene rings is 2. The first kappa shape index (κ1) is 18.3. The zero-order chi connectivity index (χ0) is 18.1. The summed E-state index contributed by atoms with van der Waals surface area (Å²) in [5.41, 5.74) is -1.47. The molecule has 130 valence electrons. The average molecular weight is 384 g/mol. The number of alkyl halides is 3. The molecular weight excluding hydrogens is 374 g/mol. The number of ether oxygens (including phenoxy) is 1. The number of sulfonamides is 1. The molecule has 24 heavy (non-hydrogen) atoms. The van der Waals surface area contributed by atoms with Crippen molar-refractivity contribution in [3.05, 3.63) is 52.8 Å². The van der Waals surface area contributed by atoms with E-state index in [1.165, 1.54) is 7.11 Å². The molecule has 0 heterocycles. The molecule has 0 aliphatic carbocycles. The fraction of sp³-hybridized carbons (Fsp3) is 0.143.